The molecular weight excluding hydrogens is 339 g/mol. The summed E-state index contributed by atoms with van der Waals surface area (Å²) >= 11 is 0. The second kappa shape index (κ2) is 9.04. The van der Waals surface area contributed by atoms with E-state index in [0.717, 1.165) is 16.3 Å². The number of rotatable bonds is 9. The van der Waals surface area contributed by atoms with Crippen molar-refractivity contribution in [2.24, 2.45) is 0 Å². The molecule has 0 saturated heterocycles. The Labute approximate surface area is 149 Å². The minimum Gasteiger partial charge on any atom is -0.372 e. The number of carbonyl (C=O) groups is 1. The van der Waals surface area contributed by atoms with Crippen LogP contribution in [-0.4, -0.2) is 24.3 Å². The molecular formula is C19H23O5P. The first-order valence-electron chi connectivity index (χ1n) is 8.41. The summed E-state index contributed by atoms with van der Waals surface area (Å²) in [5.41, 5.74) is 0.777. The molecule has 0 aromatic heterocycles. The molecule has 0 aliphatic carbocycles. The highest BCUT2D eigenvalue weighted by Gasteiger charge is 2.49. The summed E-state index contributed by atoms with van der Waals surface area (Å²) in [4.78, 5) is 22.2. The van der Waals surface area contributed by atoms with Crippen LogP contribution < -0.4 is 0 Å². The van der Waals surface area contributed by atoms with E-state index in [1.807, 2.05) is 49.4 Å². The van der Waals surface area contributed by atoms with E-state index in [-0.39, 0.29) is 21.5 Å². The summed E-state index contributed by atoms with van der Waals surface area (Å²) in [6.07, 6.45) is -0.430. The van der Waals surface area contributed by atoms with Crippen molar-refractivity contribution < 1.29 is 23.9 Å². The van der Waals surface area contributed by atoms with Gasteiger partial charge in [-0.2, -0.15) is 4.89 Å². The van der Waals surface area contributed by atoms with Gasteiger partial charge in [0.2, 0.25) is 0 Å². The van der Waals surface area contributed by atoms with E-state index in [4.69, 9.17) is 14.5 Å². The molecule has 0 fully saturated rings. The van der Waals surface area contributed by atoms with Crippen molar-refractivity contribution >= 4 is 25.2 Å². The van der Waals surface area contributed by atoms with E-state index in [0.29, 0.717) is 6.61 Å². The van der Waals surface area contributed by atoms with E-state index in [1.54, 1.807) is 13.8 Å². The molecule has 6 heteroatoms. The van der Waals surface area contributed by atoms with Gasteiger partial charge in [-0.25, -0.2) is 4.79 Å². The van der Waals surface area contributed by atoms with Crippen LogP contribution in [0.4, 0.5) is 0 Å². The van der Waals surface area contributed by atoms with Gasteiger partial charge >= 0.3 is 5.97 Å². The molecule has 2 aromatic carbocycles. The van der Waals surface area contributed by atoms with Crippen LogP contribution in [0.3, 0.4) is 0 Å². The molecule has 0 bridgehead atoms. The van der Waals surface area contributed by atoms with Crippen LogP contribution in [0, 0.1) is 0 Å². The Balaban J connectivity index is 2.50. The molecule has 2 atom stereocenters. The van der Waals surface area contributed by atoms with Gasteiger partial charge in [-0.1, -0.05) is 43.3 Å². The lowest BCUT2D eigenvalue weighted by atomic mass is 9.90. The van der Waals surface area contributed by atoms with Crippen LogP contribution in [0.25, 0.3) is 10.8 Å². The molecule has 0 aliphatic heterocycles. The van der Waals surface area contributed by atoms with Crippen LogP contribution in [0.15, 0.2) is 42.5 Å². The average Bonchev–Trinajstić information content (AvgIpc) is 2.66. The normalized spacial score (nSPS) is 15.0. The molecule has 0 aliphatic rings. The fourth-order valence-corrected chi connectivity index (χ4v) is 3.38. The predicted molar refractivity (Wildman–Crippen MR) is 96.7 cm³/mol. The van der Waals surface area contributed by atoms with E-state index in [9.17, 15) is 9.36 Å². The van der Waals surface area contributed by atoms with Gasteiger partial charge in [-0.3, -0.25) is 9.45 Å². The average molecular weight is 362 g/mol. The smallest absolute Gasteiger partial charge is 0.362 e. The number of hydrogen-bond acceptors (Lipinski definition) is 5. The minimum atomic E-state index is -1.37. The fourth-order valence-electron chi connectivity index (χ4n) is 2.82. The number of benzene rings is 2. The Morgan fingerprint density at radius 3 is 2.40 bits per heavy atom. The van der Waals surface area contributed by atoms with Gasteiger partial charge in [-0.15, -0.1) is 0 Å². The van der Waals surface area contributed by atoms with Crippen LogP contribution in [0.5, 0.6) is 0 Å². The third kappa shape index (κ3) is 4.06. The monoisotopic (exact) mass is 362 g/mol. The number of fused-ring (bicyclic) bond motifs is 1. The van der Waals surface area contributed by atoms with Gasteiger partial charge in [0.05, 0.1) is 6.61 Å². The third-order valence-corrected chi connectivity index (χ3v) is 5.21. The molecule has 0 amide bonds. The van der Waals surface area contributed by atoms with Crippen molar-refractivity contribution in [3.63, 3.8) is 0 Å². The number of ether oxygens (including phenoxy) is 1. The second-order valence-corrected chi connectivity index (χ2v) is 6.57. The maximum absolute atomic E-state index is 12.6. The Hall–Kier alpha value is -1.81. The van der Waals surface area contributed by atoms with Crippen molar-refractivity contribution in [3.05, 3.63) is 48.0 Å². The highest BCUT2D eigenvalue weighted by atomic mass is 31.1. The fraction of sp³-hybridized carbons (Fsp3) is 0.421. The van der Waals surface area contributed by atoms with Gasteiger partial charge in [0.25, 0.3) is 0 Å². The lowest BCUT2D eigenvalue weighted by molar-refractivity contribution is -0.274. The standard InChI is InChI=1S/C19H23O5P/c1-4-19(25-21,18(20)24-23-6-3)17(22-5-2)16-12-11-14-9-7-8-10-15(14)13-16/h7-13,17H,4-6H2,1-3H3. The summed E-state index contributed by atoms with van der Waals surface area (Å²) in [5.74, 6) is -0.694. The molecule has 0 spiro atoms. The van der Waals surface area contributed by atoms with Crippen LogP contribution >= 0.6 is 8.46 Å². The molecule has 2 aromatic rings. The summed E-state index contributed by atoms with van der Waals surface area (Å²) < 4.78 is 17.9. The summed E-state index contributed by atoms with van der Waals surface area (Å²) in [7, 11) is -0.366. The SMILES string of the molecule is CCOOC(=O)C(CC)(P=O)C(OCC)c1ccc2ccccc2c1. The Morgan fingerprint density at radius 1 is 1.08 bits per heavy atom. The van der Waals surface area contributed by atoms with Crippen molar-refractivity contribution in [3.8, 4) is 0 Å². The molecule has 5 nitrogen and oxygen atoms in total. The first-order chi connectivity index (χ1) is 12.1. The Morgan fingerprint density at radius 2 is 1.80 bits per heavy atom. The topological polar surface area (TPSA) is 61.8 Å². The highest BCUT2D eigenvalue weighted by molar-refractivity contribution is 7.27. The van der Waals surface area contributed by atoms with Gasteiger partial charge in [0.15, 0.2) is 13.6 Å². The van der Waals surface area contributed by atoms with Crippen molar-refractivity contribution in [2.75, 3.05) is 13.2 Å². The van der Waals surface area contributed by atoms with Crippen molar-refractivity contribution in [2.45, 2.75) is 38.5 Å². The molecule has 2 unspecified atom stereocenters. The van der Waals surface area contributed by atoms with Gasteiger partial charge < -0.3 is 4.74 Å². The zero-order valence-corrected chi connectivity index (χ0v) is 15.6. The molecule has 0 radical (unpaired) electrons. The molecule has 2 rings (SSSR count). The molecule has 25 heavy (non-hydrogen) atoms. The summed E-state index contributed by atoms with van der Waals surface area (Å²) in [6, 6.07) is 13.7. The minimum absolute atomic E-state index is 0.219. The zero-order chi connectivity index (χ0) is 18.3. The summed E-state index contributed by atoms with van der Waals surface area (Å²) in [6.45, 7) is 5.92. The van der Waals surface area contributed by atoms with Gasteiger partial charge in [0.1, 0.15) is 6.10 Å². The van der Waals surface area contributed by atoms with Crippen molar-refractivity contribution in [1.82, 2.24) is 0 Å². The Kier molecular flexibility index (Phi) is 7.06. The molecule has 0 N–H and O–H groups in total. The molecule has 134 valence electrons. The van der Waals surface area contributed by atoms with E-state index < -0.39 is 17.2 Å². The van der Waals surface area contributed by atoms with Gasteiger partial charge in [0, 0.05) is 6.61 Å². The van der Waals surface area contributed by atoms with Crippen molar-refractivity contribution in [1.29, 1.82) is 0 Å². The molecule has 0 heterocycles. The lowest BCUT2D eigenvalue weighted by Gasteiger charge is -2.31. The first-order valence-corrected chi connectivity index (χ1v) is 9.22. The van der Waals surface area contributed by atoms with Crippen LogP contribution in [0.2, 0.25) is 0 Å². The maximum atomic E-state index is 12.6. The quantitative estimate of drug-likeness (QED) is 0.362. The largest absolute Gasteiger partial charge is 0.372 e. The first kappa shape index (κ1) is 19.5. The number of hydrogen-bond donors (Lipinski definition) is 0. The zero-order valence-electron chi connectivity index (χ0n) is 14.7. The molecule has 0 saturated carbocycles. The maximum Gasteiger partial charge on any atom is 0.362 e. The predicted octanol–water partition coefficient (Wildman–Crippen LogP) is 4.85. The lowest BCUT2D eigenvalue weighted by Crippen LogP contribution is -2.41. The Bertz CT molecular complexity index is 733. The van der Waals surface area contributed by atoms with Gasteiger partial charge in [-0.05, 0) is 42.7 Å². The van der Waals surface area contributed by atoms with Crippen LogP contribution in [0.1, 0.15) is 38.9 Å². The number of carbonyl (C=O) groups excluding carboxylic acids is 1. The summed E-state index contributed by atoms with van der Waals surface area (Å²) in [5, 5.41) is 0.740. The second-order valence-electron chi connectivity index (χ2n) is 5.59. The third-order valence-electron chi connectivity index (χ3n) is 4.15. The van der Waals surface area contributed by atoms with E-state index >= 15 is 0 Å². The highest BCUT2D eigenvalue weighted by Crippen LogP contribution is 2.44. The van der Waals surface area contributed by atoms with E-state index in [2.05, 4.69) is 0 Å². The van der Waals surface area contributed by atoms with Crippen LogP contribution in [-0.2, 0) is 23.9 Å². The van der Waals surface area contributed by atoms with E-state index in [1.165, 1.54) is 0 Å².